The molecule has 0 spiro atoms. The van der Waals surface area contributed by atoms with Crippen molar-refractivity contribution >= 4 is 6.08 Å². The topological polar surface area (TPSA) is 29.5 Å². The van der Waals surface area contributed by atoms with E-state index in [-0.39, 0.29) is 11.9 Å². The van der Waals surface area contributed by atoms with Crippen molar-refractivity contribution in [3.05, 3.63) is 59.0 Å². The normalized spacial score (nSPS) is 18.7. The van der Waals surface area contributed by atoms with Gasteiger partial charge in [0.25, 0.3) is 0 Å². The standard InChI is InChI=1S/C18H21FO2/c1-12(2)15-8-9-21-18(15)7-4-13(3)10-14-5-6-17(20)16(19)11-14/h5-6,8,10-11,18,20H,1,4,7,9H2,2-3H3/b13-10+. The number of rotatable bonds is 5. The Kier molecular flexibility index (Phi) is 4.97. The molecule has 21 heavy (non-hydrogen) atoms. The van der Waals surface area contributed by atoms with Gasteiger partial charge in [0.2, 0.25) is 0 Å². The predicted octanol–water partition coefficient (Wildman–Crippen LogP) is 4.62. The maximum Gasteiger partial charge on any atom is 0.165 e. The highest BCUT2D eigenvalue weighted by atomic mass is 19.1. The second kappa shape index (κ2) is 6.72. The fraction of sp³-hybridized carbons (Fsp3) is 0.333. The number of halogens is 1. The summed E-state index contributed by atoms with van der Waals surface area (Å²) in [6.45, 7) is 8.64. The van der Waals surface area contributed by atoms with Crippen molar-refractivity contribution < 1.29 is 14.2 Å². The third-order valence-corrected chi connectivity index (χ3v) is 3.63. The van der Waals surface area contributed by atoms with Crippen LogP contribution >= 0.6 is 0 Å². The Hall–Kier alpha value is -1.87. The number of ether oxygens (including phenoxy) is 1. The molecule has 2 nitrogen and oxygen atoms in total. The van der Waals surface area contributed by atoms with Gasteiger partial charge >= 0.3 is 0 Å². The van der Waals surface area contributed by atoms with E-state index in [4.69, 9.17) is 4.74 Å². The first-order chi connectivity index (χ1) is 9.97. The Bertz CT molecular complexity index is 599. The minimum Gasteiger partial charge on any atom is -0.505 e. The molecule has 0 fully saturated rings. The average Bonchev–Trinajstić information content (AvgIpc) is 2.89. The van der Waals surface area contributed by atoms with Crippen molar-refractivity contribution in [2.24, 2.45) is 0 Å². The average molecular weight is 288 g/mol. The van der Waals surface area contributed by atoms with Crippen molar-refractivity contribution in [2.75, 3.05) is 6.61 Å². The molecule has 2 rings (SSSR count). The van der Waals surface area contributed by atoms with Crippen LogP contribution in [0.5, 0.6) is 5.75 Å². The second-order valence-corrected chi connectivity index (χ2v) is 5.50. The highest BCUT2D eigenvalue weighted by Gasteiger charge is 2.19. The fourth-order valence-electron chi connectivity index (χ4n) is 2.49. The van der Waals surface area contributed by atoms with E-state index >= 15 is 0 Å². The lowest BCUT2D eigenvalue weighted by molar-refractivity contribution is 0.116. The van der Waals surface area contributed by atoms with Crippen molar-refractivity contribution in [2.45, 2.75) is 32.8 Å². The zero-order valence-corrected chi connectivity index (χ0v) is 12.5. The minimum absolute atomic E-state index is 0.113. The monoisotopic (exact) mass is 288 g/mol. The summed E-state index contributed by atoms with van der Waals surface area (Å²) in [5, 5.41) is 9.18. The molecule has 1 aliphatic heterocycles. The van der Waals surface area contributed by atoms with E-state index in [0.717, 1.165) is 29.6 Å². The van der Waals surface area contributed by atoms with E-state index < -0.39 is 5.82 Å². The molecule has 3 heteroatoms. The number of phenolic OH excluding ortho intramolecular Hbond substituents is 1. The van der Waals surface area contributed by atoms with Crippen LogP contribution in [0.3, 0.4) is 0 Å². The maximum absolute atomic E-state index is 13.3. The molecule has 0 amide bonds. The van der Waals surface area contributed by atoms with Crippen LogP contribution in [0, 0.1) is 5.82 Å². The summed E-state index contributed by atoms with van der Waals surface area (Å²) < 4.78 is 19.0. The van der Waals surface area contributed by atoms with Gasteiger partial charge in [0, 0.05) is 0 Å². The van der Waals surface area contributed by atoms with Gasteiger partial charge in [-0.1, -0.05) is 35.9 Å². The van der Waals surface area contributed by atoms with Crippen LogP contribution in [0.15, 0.2) is 47.6 Å². The third kappa shape index (κ3) is 4.05. The molecule has 1 aliphatic rings. The molecular weight excluding hydrogens is 267 g/mol. The molecule has 1 aromatic carbocycles. The van der Waals surface area contributed by atoms with Crippen molar-refractivity contribution in [1.29, 1.82) is 0 Å². The molecular formula is C18H21FO2. The van der Waals surface area contributed by atoms with E-state index in [0.29, 0.717) is 6.61 Å². The molecule has 1 N–H and O–H groups in total. The van der Waals surface area contributed by atoms with Crippen LogP contribution < -0.4 is 0 Å². The predicted molar refractivity (Wildman–Crippen MR) is 83.6 cm³/mol. The largest absolute Gasteiger partial charge is 0.505 e. The van der Waals surface area contributed by atoms with Crippen LogP contribution in [0.25, 0.3) is 6.08 Å². The van der Waals surface area contributed by atoms with Crippen molar-refractivity contribution in [3.63, 3.8) is 0 Å². The first-order valence-corrected chi connectivity index (χ1v) is 7.10. The van der Waals surface area contributed by atoms with Gasteiger partial charge in [-0.15, -0.1) is 0 Å². The smallest absolute Gasteiger partial charge is 0.165 e. The van der Waals surface area contributed by atoms with E-state index in [2.05, 4.69) is 12.7 Å². The quantitative estimate of drug-likeness (QED) is 0.857. The minimum atomic E-state index is -0.594. The first-order valence-electron chi connectivity index (χ1n) is 7.10. The highest BCUT2D eigenvalue weighted by Crippen LogP contribution is 2.26. The Morgan fingerprint density at radius 2 is 2.24 bits per heavy atom. The van der Waals surface area contributed by atoms with Gasteiger partial charge in [-0.3, -0.25) is 0 Å². The summed E-state index contributed by atoms with van der Waals surface area (Å²) in [6.07, 6.45) is 5.89. The van der Waals surface area contributed by atoms with Crippen LogP contribution in [0.4, 0.5) is 4.39 Å². The van der Waals surface area contributed by atoms with Crippen molar-refractivity contribution in [3.8, 4) is 5.75 Å². The number of hydrogen-bond acceptors (Lipinski definition) is 2. The molecule has 1 heterocycles. The zero-order valence-electron chi connectivity index (χ0n) is 12.5. The summed E-state index contributed by atoms with van der Waals surface area (Å²) in [5.74, 6) is -0.913. The van der Waals surface area contributed by atoms with E-state index in [9.17, 15) is 9.50 Å². The van der Waals surface area contributed by atoms with Gasteiger partial charge in [-0.25, -0.2) is 4.39 Å². The number of aromatic hydroxyl groups is 1. The summed E-state index contributed by atoms with van der Waals surface area (Å²) >= 11 is 0. The SMILES string of the molecule is C=C(C)C1=CCOC1CC/C(C)=C/c1ccc(O)c(F)c1. The van der Waals surface area contributed by atoms with Gasteiger partial charge < -0.3 is 9.84 Å². The van der Waals surface area contributed by atoms with Crippen LogP contribution in [-0.4, -0.2) is 17.8 Å². The van der Waals surface area contributed by atoms with E-state index in [1.807, 2.05) is 19.9 Å². The molecule has 112 valence electrons. The second-order valence-electron chi connectivity index (χ2n) is 5.50. The van der Waals surface area contributed by atoms with Crippen LogP contribution in [0.1, 0.15) is 32.3 Å². The number of hydrogen-bond donors (Lipinski definition) is 1. The number of benzene rings is 1. The molecule has 0 bridgehead atoms. The van der Waals surface area contributed by atoms with E-state index in [1.165, 1.54) is 17.7 Å². The Morgan fingerprint density at radius 1 is 1.48 bits per heavy atom. The van der Waals surface area contributed by atoms with Gasteiger partial charge in [-0.05, 0) is 50.0 Å². The molecule has 1 aromatic rings. The summed E-state index contributed by atoms with van der Waals surface area (Å²) in [6, 6.07) is 4.41. The van der Waals surface area contributed by atoms with Crippen LogP contribution in [0.2, 0.25) is 0 Å². The lowest BCUT2D eigenvalue weighted by Crippen LogP contribution is -2.10. The van der Waals surface area contributed by atoms with Gasteiger partial charge in [0.15, 0.2) is 11.6 Å². The van der Waals surface area contributed by atoms with Crippen LogP contribution in [-0.2, 0) is 4.74 Å². The number of phenols is 1. The molecule has 0 saturated carbocycles. The number of allylic oxidation sites excluding steroid dienone is 1. The van der Waals surface area contributed by atoms with Gasteiger partial charge in [-0.2, -0.15) is 0 Å². The molecule has 0 aliphatic carbocycles. The molecule has 0 radical (unpaired) electrons. The molecule has 1 unspecified atom stereocenters. The lowest BCUT2D eigenvalue weighted by atomic mass is 9.98. The summed E-state index contributed by atoms with van der Waals surface area (Å²) in [5.41, 5.74) is 4.15. The van der Waals surface area contributed by atoms with E-state index in [1.54, 1.807) is 6.07 Å². The molecule has 0 aromatic heterocycles. The highest BCUT2D eigenvalue weighted by molar-refractivity contribution is 5.53. The van der Waals surface area contributed by atoms with Crippen molar-refractivity contribution in [1.82, 2.24) is 0 Å². The fourth-order valence-corrected chi connectivity index (χ4v) is 2.49. The maximum atomic E-state index is 13.3. The lowest BCUT2D eigenvalue weighted by Gasteiger charge is -2.15. The zero-order chi connectivity index (χ0) is 15.4. The summed E-state index contributed by atoms with van der Waals surface area (Å²) in [4.78, 5) is 0. The summed E-state index contributed by atoms with van der Waals surface area (Å²) in [7, 11) is 0. The Labute approximate surface area is 125 Å². The Balaban J connectivity index is 1.96. The van der Waals surface area contributed by atoms with Gasteiger partial charge in [0.1, 0.15) is 0 Å². The third-order valence-electron chi connectivity index (χ3n) is 3.63. The molecule has 0 saturated heterocycles. The first kappa shape index (κ1) is 15.5. The Morgan fingerprint density at radius 3 is 2.90 bits per heavy atom. The van der Waals surface area contributed by atoms with Gasteiger partial charge in [0.05, 0.1) is 12.7 Å². The molecule has 1 atom stereocenters.